The molecule has 4 heterocycles. The summed E-state index contributed by atoms with van der Waals surface area (Å²) in [6.45, 7) is 1.82. The number of likely N-dealkylation sites (N-methyl/N-ethyl adjacent to an activating group) is 1. The summed E-state index contributed by atoms with van der Waals surface area (Å²) in [6, 6.07) is 0.575. The fraction of sp³-hybridized carbons (Fsp3) is 0.771. The van der Waals surface area contributed by atoms with Gasteiger partial charge in [0.05, 0.1) is 18.4 Å². The van der Waals surface area contributed by atoms with Crippen LogP contribution in [0.2, 0.25) is 0 Å². The maximum atomic E-state index is 12.8. The van der Waals surface area contributed by atoms with E-state index in [-0.39, 0.29) is 41.2 Å². The van der Waals surface area contributed by atoms with E-state index in [4.69, 9.17) is 0 Å². The van der Waals surface area contributed by atoms with Crippen molar-refractivity contribution in [1.29, 1.82) is 0 Å². The zero-order valence-electron chi connectivity index (χ0n) is 29.8. The van der Waals surface area contributed by atoms with E-state index in [1.807, 2.05) is 23.7 Å². The van der Waals surface area contributed by atoms with Gasteiger partial charge in [-0.3, -0.25) is 23.5 Å². The van der Waals surface area contributed by atoms with E-state index in [1.54, 1.807) is 25.0 Å². The Balaban J connectivity index is 0.890. The van der Waals surface area contributed by atoms with Crippen LogP contribution >= 0.6 is 11.8 Å². The van der Waals surface area contributed by atoms with Gasteiger partial charge in [-0.25, -0.2) is 14.6 Å². The number of aromatic nitrogens is 4. The number of unbranched alkanes of at least 4 members (excludes halogenated alkanes) is 11. The highest BCUT2D eigenvalue weighted by atomic mass is 32.2. The summed E-state index contributed by atoms with van der Waals surface area (Å²) in [6.07, 6.45) is 17.8. The number of thioether (sulfide) groups is 1. The number of urea groups is 1. The van der Waals surface area contributed by atoms with Gasteiger partial charge in [0.25, 0.3) is 5.56 Å². The molecule has 2 fully saturated rings. The minimum Gasteiger partial charge on any atom is -0.356 e. The molecule has 2 aromatic heterocycles. The van der Waals surface area contributed by atoms with Crippen molar-refractivity contribution in [1.82, 2.24) is 39.5 Å². The first kappa shape index (κ1) is 38.5. The molecule has 274 valence electrons. The van der Waals surface area contributed by atoms with Gasteiger partial charge in [0.15, 0.2) is 11.2 Å². The van der Waals surface area contributed by atoms with Crippen LogP contribution in [0.25, 0.3) is 11.2 Å². The number of rotatable bonds is 23. The topological polar surface area (TPSA) is 152 Å². The van der Waals surface area contributed by atoms with E-state index in [1.165, 1.54) is 22.0 Å². The predicted octanol–water partition coefficient (Wildman–Crippen LogP) is 3.81. The third kappa shape index (κ3) is 11.1. The minimum atomic E-state index is -0.309. The minimum absolute atomic E-state index is 0.0320. The van der Waals surface area contributed by atoms with Gasteiger partial charge in [-0.1, -0.05) is 57.8 Å². The first-order valence-corrected chi connectivity index (χ1v) is 19.5. The fourth-order valence-electron chi connectivity index (χ4n) is 7.06. The van der Waals surface area contributed by atoms with Crippen LogP contribution in [-0.4, -0.2) is 84.7 Å². The van der Waals surface area contributed by atoms with Crippen molar-refractivity contribution in [3.8, 4) is 0 Å². The van der Waals surface area contributed by atoms with Gasteiger partial charge in [-0.15, -0.1) is 0 Å². The molecule has 2 aliphatic rings. The summed E-state index contributed by atoms with van der Waals surface area (Å²) in [5.41, 5.74) is 0.311. The van der Waals surface area contributed by atoms with Crippen molar-refractivity contribution in [2.45, 2.75) is 133 Å². The second-order valence-electron chi connectivity index (χ2n) is 13.8. The van der Waals surface area contributed by atoms with Crippen LogP contribution in [-0.2, 0) is 30.2 Å². The lowest BCUT2D eigenvalue weighted by Gasteiger charge is -2.23. The van der Waals surface area contributed by atoms with Gasteiger partial charge >= 0.3 is 11.7 Å². The number of aryl methyl sites for hydroxylation is 2. The molecule has 3 atom stereocenters. The molecule has 1 unspecified atom stereocenters. The molecule has 4 rings (SSSR count). The first-order chi connectivity index (χ1) is 23.7. The van der Waals surface area contributed by atoms with Crippen molar-refractivity contribution in [2.24, 2.45) is 14.1 Å². The van der Waals surface area contributed by atoms with E-state index in [2.05, 4.69) is 20.9 Å². The molecule has 3 N–H and O–H groups in total. The Bertz CT molecular complexity index is 1500. The number of hydrogen-bond acceptors (Lipinski definition) is 7. The maximum absolute atomic E-state index is 12.8. The normalized spacial score (nSPS) is 18.6. The van der Waals surface area contributed by atoms with Crippen molar-refractivity contribution >= 4 is 40.8 Å². The van der Waals surface area contributed by atoms with Crippen LogP contribution in [0.3, 0.4) is 0 Å². The molecule has 49 heavy (non-hydrogen) atoms. The van der Waals surface area contributed by atoms with Gasteiger partial charge < -0.3 is 25.4 Å². The Morgan fingerprint density at radius 2 is 1.39 bits per heavy atom. The lowest BCUT2D eigenvalue weighted by atomic mass is 10.0. The van der Waals surface area contributed by atoms with E-state index < -0.39 is 0 Å². The third-order valence-corrected chi connectivity index (χ3v) is 11.5. The number of nitrogens with zero attached hydrogens (tertiary/aromatic N) is 5. The highest BCUT2D eigenvalue weighted by Crippen LogP contribution is 2.36. The summed E-state index contributed by atoms with van der Waals surface area (Å²) in [7, 11) is 5.30. The molecule has 0 radical (unpaired) electrons. The van der Waals surface area contributed by atoms with E-state index in [0.717, 1.165) is 95.8 Å². The molecule has 0 bridgehead atoms. The van der Waals surface area contributed by atoms with Crippen LogP contribution in [0, 0.1) is 0 Å². The molecular formula is C35H58N8O5S. The molecule has 4 amide bonds. The molecule has 13 nitrogen and oxygen atoms in total. The summed E-state index contributed by atoms with van der Waals surface area (Å²) < 4.78 is 4.45. The number of fused-ring (bicyclic) bond motifs is 2. The van der Waals surface area contributed by atoms with Gasteiger partial charge in [0.1, 0.15) is 0 Å². The van der Waals surface area contributed by atoms with Crippen LogP contribution in [0.15, 0.2) is 15.9 Å². The van der Waals surface area contributed by atoms with Gasteiger partial charge in [0.2, 0.25) is 11.8 Å². The number of nitrogens with one attached hydrogen (secondary N) is 3. The summed E-state index contributed by atoms with van der Waals surface area (Å²) in [4.78, 5) is 67.5. The fourth-order valence-corrected chi connectivity index (χ4v) is 8.69. The van der Waals surface area contributed by atoms with Crippen LogP contribution in [0.1, 0.15) is 109 Å². The molecule has 2 aliphatic heterocycles. The molecule has 2 saturated heterocycles. The molecule has 14 heteroatoms. The second kappa shape index (κ2) is 19.8. The number of hydrogen-bond donors (Lipinski definition) is 3. The van der Waals surface area contributed by atoms with Crippen molar-refractivity contribution in [3.05, 3.63) is 27.2 Å². The Hall–Kier alpha value is -3.29. The highest BCUT2D eigenvalue weighted by Gasteiger charge is 2.46. The standard InChI is InChI=1S/C35H58N8O5S/c1-40-25-38-32-31(40)33(46)43(35(48)42(32)3)23-17-10-8-6-4-5-7-9-15-21-36-28(44)19-12-11-16-22-37-29(45)20-14-13-18-27-30-26(24-49-27)39-34(47)41(30)2/h25-27,30H,4-24H2,1-3H3,(H,36,44)(H,37,45)(H,39,47)/t26-,27?,30-/m0/s1. The van der Waals surface area contributed by atoms with Gasteiger partial charge in [0, 0.05) is 64.6 Å². The monoisotopic (exact) mass is 702 g/mol. The summed E-state index contributed by atoms with van der Waals surface area (Å²) in [5, 5.41) is 9.54. The lowest BCUT2D eigenvalue weighted by molar-refractivity contribution is -0.122. The molecule has 2 aromatic rings. The maximum Gasteiger partial charge on any atom is 0.332 e. The Morgan fingerprint density at radius 3 is 2.04 bits per heavy atom. The van der Waals surface area contributed by atoms with Crippen LogP contribution in [0.5, 0.6) is 0 Å². The number of amides is 4. The molecule has 0 aliphatic carbocycles. The SMILES string of the molecule is CN1C(=O)N[C@H]2CSC(CCCCC(=O)NCCCCCC(=O)NCCCCCCCCCCCn3c(=O)c4c(ncn4C)n(C)c3=O)[C@H]21. The molecule has 0 spiro atoms. The molecule has 0 aromatic carbocycles. The molecule has 0 saturated carbocycles. The smallest absolute Gasteiger partial charge is 0.332 e. The first-order valence-electron chi connectivity index (χ1n) is 18.5. The van der Waals surface area contributed by atoms with Crippen molar-refractivity contribution in [3.63, 3.8) is 0 Å². The average Bonchev–Trinajstić information content (AvgIpc) is 3.75. The quantitative estimate of drug-likeness (QED) is 0.118. The highest BCUT2D eigenvalue weighted by molar-refractivity contribution is 8.00. The third-order valence-electron chi connectivity index (χ3n) is 9.99. The lowest BCUT2D eigenvalue weighted by Crippen LogP contribution is -2.39. The zero-order valence-corrected chi connectivity index (χ0v) is 30.7. The van der Waals surface area contributed by atoms with Gasteiger partial charge in [-0.2, -0.15) is 11.8 Å². The number of carbonyl (C=O) groups excluding carboxylic acids is 3. The summed E-state index contributed by atoms with van der Waals surface area (Å²) in [5.74, 6) is 1.19. The second-order valence-corrected chi connectivity index (χ2v) is 15.1. The Kier molecular flexibility index (Phi) is 15.5. The molecular weight excluding hydrogens is 645 g/mol. The Labute approximate surface area is 294 Å². The zero-order chi connectivity index (χ0) is 35.2. The predicted molar refractivity (Wildman–Crippen MR) is 195 cm³/mol. The largest absolute Gasteiger partial charge is 0.356 e. The Morgan fingerprint density at radius 1 is 0.816 bits per heavy atom. The summed E-state index contributed by atoms with van der Waals surface area (Å²) >= 11 is 1.93. The van der Waals surface area contributed by atoms with E-state index in [0.29, 0.717) is 42.3 Å². The average molecular weight is 703 g/mol. The van der Waals surface area contributed by atoms with E-state index >= 15 is 0 Å². The van der Waals surface area contributed by atoms with E-state index in [9.17, 15) is 24.0 Å². The van der Waals surface area contributed by atoms with Crippen LogP contribution < -0.4 is 27.2 Å². The van der Waals surface area contributed by atoms with Crippen molar-refractivity contribution < 1.29 is 14.4 Å². The van der Waals surface area contributed by atoms with Gasteiger partial charge in [-0.05, 0) is 38.5 Å². The number of carbonyl (C=O) groups is 3. The van der Waals surface area contributed by atoms with Crippen molar-refractivity contribution in [2.75, 3.05) is 25.9 Å². The number of imidazole rings is 1. The van der Waals surface area contributed by atoms with Crippen LogP contribution in [0.4, 0.5) is 4.79 Å².